The number of amides is 2. The van der Waals surface area contributed by atoms with Crippen molar-refractivity contribution in [1.29, 1.82) is 0 Å². The molecule has 2 rings (SSSR count). The van der Waals surface area contributed by atoms with Gasteiger partial charge in [-0.05, 0) is 78.4 Å². The number of nitrogens with one attached hydrogen (secondary N) is 2. The first-order valence-electron chi connectivity index (χ1n) is 11.2. The Labute approximate surface area is 200 Å². The van der Waals surface area contributed by atoms with Gasteiger partial charge in [-0.25, -0.2) is 9.00 Å². The third-order valence-corrected chi connectivity index (χ3v) is 6.57. The first-order chi connectivity index (χ1) is 15.0. The van der Waals surface area contributed by atoms with Crippen LogP contribution in [0.1, 0.15) is 68.7 Å². The van der Waals surface area contributed by atoms with Crippen molar-refractivity contribution in [3.05, 3.63) is 24.3 Å². The molecule has 1 aliphatic rings. The molecule has 0 aromatic heterocycles. The molecule has 1 aromatic rings. The van der Waals surface area contributed by atoms with Crippen LogP contribution in [0.15, 0.2) is 29.2 Å². The molecule has 0 aliphatic carbocycles. The van der Waals surface area contributed by atoms with Crippen molar-refractivity contribution in [3.8, 4) is 0 Å². The van der Waals surface area contributed by atoms with Crippen LogP contribution in [-0.2, 0) is 29.8 Å². The van der Waals surface area contributed by atoms with Gasteiger partial charge in [0, 0.05) is 0 Å². The minimum atomic E-state index is -1.83. The molecular weight excluding hydrogens is 443 g/mol. The van der Waals surface area contributed by atoms with E-state index in [1.165, 1.54) is 0 Å². The third kappa shape index (κ3) is 7.55. The van der Waals surface area contributed by atoms with E-state index in [0.717, 1.165) is 0 Å². The van der Waals surface area contributed by atoms with Crippen LogP contribution in [0.3, 0.4) is 0 Å². The molecule has 10 heteroatoms. The van der Waals surface area contributed by atoms with Crippen molar-refractivity contribution in [2.45, 2.75) is 96.5 Å². The molecule has 33 heavy (non-hydrogen) atoms. The molecule has 1 fully saturated rings. The highest BCUT2D eigenvalue weighted by atomic mass is 32.2. The molecule has 0 spiro atoms. The summed E-state index contributed by atoms with van der Waals surface area (Å²) < 4.78 is 32.8. The summed E-state index contributed by atoms with van der Waals surface area (Å²) in [7, 11) is -2.44. The highest BCUT2D eigenvalue weighted by Crippen LogP contribution is 2.36. The van der Waals surface area contributed by atoms with Crippen LogP contribution in [0.5, 0.6) is 0 Å². The zero-order chi connectivity index (χ0) is 25.2. The minimum Gasteiger partial charge on any atom is -0.444 e. The molecule has 1 unspecified atom stereocenters. The number of benzene rings is 1. The number of hydrogen-bond acceptors (Lipinski definition) is 6. The minimum absolute atomic E-state index is 0.121. The van der Waals surface area contributed by atoms with E-state index in [2.05, 4.69) is 10.0 Å². The van der Waals surface area contributed by atoms with E-state index >= 15 is 0 Å². The lowest BCUT2D eigenvalue weighted by Crippen LogP contribution is -2.49. The van der Waals surface area contributed by atoms with Crippen molar-refractivity contribution in [1.82, 2.24) is 10.0 Å². The molecule has 1 heterocycles. The summed E-state index contributed by atoms with van der Waals surface area (Å²) in [6, 6.07) is 6.04. The maximum atomic E-state index is 12.9. The normalized spacial score (nSPS) is 19.2. The van der Waals surface area contributed by atoms with E-state index < -0.39 is 52.9 Å². The molecule has 0 radical (unpaired) electrons. The molecular formula is C23H37BN2O6S. The number of alkyl carbamates (subject to hydrolysis) is 1. The fraction of sp³-hybridized carbons (Fsp3) is 0.652. The largest absolute Gasteiger partial charge is 0.494 e. The Hall–Kier alpha value is -1.91. The first kappa shape index (κ1) is 27.3. The zero-order valence-electron chi connectivity index (χ0n) is 21.1. The molecule has 0 saturated carbocycles. The van der Waals surface area contributed by atoms with Gasteiger partial charge in [0.15, 0.2) is 11.0 Å². The maximum absolute atomic E-state index is 12.9. The number of carbonyl (C=O) groups excluding carboxylic acids is 2. The topological polar surface area (TPSA) is 103 Å². The quantitative estimate of drug-likeness (QED) is 0.582. The van der Waals surface area contributed by atoms with E-state index in [9.17, 15) is 13.8 Å². The van der Waals surface area contributed by atoms with Gasteiger partial charge in [0.05, 0.1) is 16.1 Å². The Balaban J connectivity index is 2.11. The molecule has 1 saturated heterocycles. The van der Waals surface area contributed by atoms with Crippen LogP contribution in [0, 0.1) is 5.92 Å². The molecule has 2 atom stereocenters. The highest BCUT2D eigenvalue weighted by molar-refractivity contribution is 7.83. The molecule has 0 bridgehead atoms. The van der Waals surface area contributed by atoms with E-state index in [1.807, 2.05) is 47.6 Å². The maximum Gasteiger partial charge on any atom is 0.494 e. The molecule has 8 nitrogen and oxygen atoms in total. The van der Waals surface area contributed by atoms with Gasteiger partial charge in [0.2, 0.25) is 0 Å². The van der Waals surface area contributed by atoms with Gasteiger partial charge in [-0.3, -0.25) is 9.52 Å². The Kier molecular flexibility index (Phi) is 8.41. The molecule has 184 valence electrons. The van der Waals surface area contributed by atoms with Gasteiger partial charge in [-0.15, -0.1) is 0 Å². The lowest BCUT2D eigenvalue weighted by atomic mass is 9.79. The summed E-state index contributed by atoms with van der Waals surface area (Å²) in [6.07, 6.45) is -0.326. The van der Waals surface area contributed by atoms with E-state index in [0.29, 0.717) is 16.8 Å². The fourth-order valence-electron chi connectivity index (χ4n) is 3.13. The van der Waals surface area contributed by atoms with E-state index in [1.54, 1.807) is 39.0 Å². The Morgan fingerprint density at radius 3 is 2.21 bits per heavy atom. The summed E-state index contributed by atoms with van der Waals surface area (Å²) in [6.45, 7) is 16.9. The molecule has 1 aliphatic heterocycles. The summed E-state index contributed by atoms with van der Waals surface area (Å²) >= 11 is 0. The van der Waals surface area contributed by atoms with Crippen molar-refractivity contribution in [3.63, 3.8) is 0 Å². The predicted molar refractivity (Wildman–Crippen MR) is 129 cm³/mol. The lowest BCUT2D eigenvalue weighted by Gasteiger charge is -2.32. The monoisotopic (exact) mass is 480 g/mol. The van der Waals surface area contributed by atoms with Gasteiger partial charge in [0.1, 0.15) is 11.6 Å². The third-order valence-electron chi connectivity index (χ3n) is 5.51. The fourth-order valence-corrected chi connectivity index (χ4v) is 4.02. The van der Waals surface area contributed by atoms with Crippen LogP contribution >= 0.6 is 0 Å². The van der Waals surface area contributed by atoms with Gasteiger partial charge in [-0.2, -0.15) is 0 Å². The van der Waals surface area contributed by atoms with Crippen molar-refractivity contribution in [2.75, 3.05) is 0 Å². The Bertz CT molecular complexity index is 881. The van der Waals surface area contributed by atoms with Crippen LogP contribution in [0.25, 0.3) is 0 Å². The average Bonchev–Trinajstić information content (AvgIpc) is 2.86. The van der Waals surface area contributed by atoms with Crippen molar-refractivity contribution in [2.24, 2.45) is 5.92 Å². The predicted octanol–water partition coefficient (Wildman–Crippen LogP) is 3.06. The lowest BCUT2D eigenvalue weighted by molar-refractivity contribution is -0.121. The van der Waals surface area contributed by atoms with Crippen LogP contribution in [-0.4, -0.2) is 46.2 Å². The molecule has 2 amide bonds. The van der Waals surface area contributed by atoms with Crippen molar-refractivity contribution >= 4 is 35.6 Å². The number of hydrogen-bond donors (Lipinski definition) is 2. The van der Waals surface area contributed by atoms with E-state index in [-0.39, 0.29) is 5.92 Å². The smallest absolute Gasteiger partial charge is 0.444 e. The van der Waals surface area contributed by atoms with Gasteiger partial charge < -0.3 is 19.4 Å². The second-order valence-corrected chi connectivity index (χ2v) is 11.9. The standard InChI is InChI=1S/C23H37BN2O6S/c1-15(2)13-18(25-20(28)30-21(3,4)5)19(27)26-33(29)17-12-10-11-16(14-17)24-31-22(6,7)23(8,9)32-24/h10-12,14-15,18H,13H2,1-9H3,(H,25,28)(H,26,27)/t18-,33?/m0/s1. The van der Waals surface area contributed by atoms with Crippen LogP contribution in [0.2, 0.25) is 0 Å². The van der Waals surface area contributed by atoms with Crippen LogP contribution < -0.4 is 15.5 Å². The van der Waals surface area contributed by atoms with E-state index in [4.69, 9.17) is 14.0 Å². The summed E-state index contributed by atoms with van der Waals surface area (Å²) in [5.74, 6) is -0.426. The highest BCUT2D eigenvalue weighted by Gasteiger charge is 2.51. The van der Waals surface area contributed by atoms with Crippen LogP contribution in [0.4, 0.5) is 4.79 Å². The van der Waals surface area contributed by atoms with Gasteiger partial charge in [-0.1, -0.05) is 26.0 Å². The number of carbonyl (C=O) groups is 2. The van der Waals surface area contributed by atoms with Gasteiger partial charge in [0.25, 0.3) is 5.91 Å². The summed E-state index contributed by atoms with van der Waals surface area (Å²) in [5, 5.41) is 2.59. The van der Waals surface area contributed by atoms with Gasteiger partial charge >= 0.3 is 13.2 Å². The summed E-state index contributed by atoms with van der Waals surface area (Å²) in [4.78, 5) is 25.4. The second-order valence-electron chi connectivity index (χ2n) is 10.7. The zero-order valence-corrected chi connectivity index (χ0v) is 21.9. The second kappa shape index (κ2) is 10.2. The van der Waals surface area contributed by atoms with Crippen molar-refractivity contribution < 1.29 is 27.8 Å². The molecule has 2 N–H and O–H groups in total. The SMILES string of the molecule is CC(C)C[C@H](NC(=O)OC(C)(C)C)C(=O)NS(=O)c1cccc(B2OC(C)(C)C(C)(C)O2)c1. The Morgan fingerprint density at radius 2 is 1.70 bits per heavy atom. The number of ether oxygens (including phenoxy) is 1. The summed E-state index contributed by atoms with van der Waals surface area (Å²) in [5.41, 5.74) is -0.990. The first-order valence-corrected chi connectivity index (χ1v) is 12.3. The number of rotatable bonds is 7. The molecule has 1 aromatic carbocycles. The average molecular weight is 480 g/mol. The Morgan fingerprint density at radius 1 is 1.12 bits per heavy atom.